The number of halogens is 1. The number of rotatable bonds is 5. The van der Waals surface area contributed by atoms with E-state index in [1.165, 1.54) is 17.6 Å². The molecule has 0 radical (unpaired) electrons. The fourth-order valence-corrected chi connectivity index (χ4v) is 5.19. The van der Waals surface area contributed by atoms with Crippen LogP contribution in [-0.2, 0) is 13.5 Å². The van der Waals surface area contributed by atoms with Crippen LogP contribution >= 0.6 is 0 Å². The monoisotopic (exact) mass is 455 g/mol. The van der Waals surface area contributed by atoms with Crippen LogP contribution in [0.5, 0.6) is 0 Å². The van der Waals surface area contributed by atoms with E-state index in [0.29, 0.717) is 17.6 Å². The summed E-state index contributed by atoms with van der Waals surface area (Å²) in [7, 11) is 1.75. The summed E-state index contributed by atoms with van der Waals surface area (Å²) in [5, 5.41) is 15.8. The topological polar surface area (TPSA) is 81.4 Å². The minimum atomic E-state index is -0.174. The van der Waals surface area contributed by atoms with Gasteiger partial charge in [0.25, 0.3) is 0 Å². The Bertz CT molecular complexity index is 1370. The van der Waals surface area contributed by atoms with E-state index in [2.05, 4.69) is 56.7 Å². The van der Waals surface area contributed by atoms with Crippen molar-refractivity contribution in [2.75, 3.05) is 5.32 Å². The van der Waals surface area contributed by atoms with Crippen LogP contribution < -0.4 is 5.32 Å². The van der Waals surface area contributed by atoms with Gasteiger partial charge in [0.05, 0.1) is 31.2 Å². The lowest BCUT2D eigenvalue weighted by Crippen LogP contribution is -2.11. The average molecular weight is 456 g/mol. The molecule has 1 unspecified atom stereocenters. The van der Waals surface area contributed by atoms with Crippen molar-refractivity contribution in [3.05, 3.63) is 70.4 Å². The number of nitrogens with one attached hydrogen (secondary N) is 1. The van der Waals surface area contributed by atoms with Gasteiger partial charge in [-0.1, -0.05) is 6.07 Å². The van der Waals surface area contributed by atoms with Gasteiger partial charge in [-0.25, -0.2) is 9.37 Å². The second-order valence-corrected chi connectivity index (χ2v) is 9.41. The number of aromatic nitrogens is 6. The number of anilines is 1. The lowest BCUT2D eigenvalue weighted by molar-refractivity contribution is 0.598. The molecule has 1 saturated carbocycles. The molecule has 7 nitrogen and oxygen atoms in total. The number of fused-ring (bicyclic) bond motifs is 1. The SMILES string of the molecule is Cc1cc(-c2nnn(C)n2)cc(C)c1-c1ccc(F)c2c1CCC2Nc1cnc(C2CC2)cn1. The number of tetrazole rings is 1. The maximum Gasteiger partial charge on any atom is 0.204 e. The molecule has 1 fully saturated rings. The molecule has 2 aliphatic rings. The molecule has 1 atom stereocenters. The predicted octanol–water partition coefficient (Wildman–Crippen LogP) is 5.07. The van der Waals surface area contributed by atoms with E-state index in [9.17, 15) is 0 Å². The molecule has 2 heterocycles. The van der Waals surface area contributed by atoms with Gasteiger partial charge < -0.3 is 5.32 Å². The van der Waals surface area contributed by atoms with Gasteiger partial charge in [-0.2, -0.15) is 4.80 Å². The molecule has 34 heavy (non-hydrogen) atoms. The lowest BCUT2D eigenvalue weighted by Gasteiger charge is -2.18. The molecule has 2 aliphatic carbocycles. The van der Waals surface area contributed by atoms with Gasteiger partial charge in [-0.3, -0.25) is 4.98 Å². The molecule has 2 aromatic carbocycles. The van der Waals surface area contributed by atoms with Crippen molar-refractivity contribution in [2.45, 2.75) is 51.5 Å². The molecular formula is C26H26FN7. The summed E-state index contributed by atoms with van der Waals surface area (Å²) in [6.45, 7) is 4.17. The quantitative estimate of drug-likeness (QED) is 0.453. The predicted molar refractivity (Wildman–Crippen MR) is 128 cm³/mol. The molecule has 0 aliphatic heterocycles. The number of nitrogens with zero attached hydrogens (tertiary/aromatic N) is 6. The number of aryl methyl sites for hydroxylation is 3. The Morgan fingerprint density at radius 1 is 1.03 bits per heavy atom. The highest BCUT2D eigenvalue weighted by molar-refractivity contribution is 5.78. The molecule has 0 amide bonds. The van der Waals surface area contributed by atoms with E-state index < -0.39 is 0 Å². The fourth-order valence-electron chi connectivity index (χ4n) is 5.19. The van der Waals surface area contributed by atoms with Crippen LogP contribution in [0, 0.1) is 19.7 Å². The Labute approximate surface area is 197 Å². The smallest absolute Gasteiger partial charge is 0.204 e. The minimum absolute atomic E-state index is 0.125. The van der Waals surface area contributed by atoms with Crippen LogP contribution in [0.3, 0.4) is 0 Å². The van der Waals surface area contributed by atoms with Crippen molar-refractivity contribution >= 4 is 5.82 Å². The van der Waals surface area contributed by atoms with Crippen LogP contribution in [0.1, 0.15) is 59.2 Å². The third kappa shape index (κ3) is 3.63. The van der Waals surface area contributed by atoms with E-state index in [4.69, 9.17) is 0 Å². The van der Waals surface area contributed by atoms with Gasteiger partial charge >= 0.3 is 0 Å². The number of hydrogen-bond donors (Lipinski definition) is 1. The molecule has 1 N–H and O–H groups in total. The summed E-state index contributed by atoms with van der Waals surface area (Å²) in [6, 6.07) is 7.54. The summed E-state index contributed by atoms with van der Waals surface area (Å²) in [5.74, 6) is 1.69. The van der Waals surface area contributed by atoms with Gasteiger partial charge in [0.2, 0.25) is 5.82 Å². The van der Waals surface area contributed by atoms with Gasteiger partial charge in [0.15, 0.2) is 0 Å². The largest absolute Gasteiger partial charge is 0.362 e. The molecule has 0 spiro atoms. The average Bonchev–Trinajstić information content (AvgIpc) is 3.44. The van der Waals surface area contributed by atoms with Crippen molar-refractivity contribution in [1.29, 1.82) is 0 Å². The normalized spacial score (nSPS) is 17.1. The molecular weight excluding hydrogens is 429 g/mol. The van der Waals surface area contributed by atoms with Crippen molar-refractivity contribution in [2.24, 2.45) is 7.05 Å². The van der Waals surface area contributed by atoms with E-state index in [-0.39, 0.29) is 11.9 Å². The molecule has 6 rings (SSSR count). The first-order chi connectivity index (χ1) is 16.5. The zero-order chi connectivity index (χ0) is 23.4. The second kappa shape index (κ2) is 7.97. The van der Waals surface area contributed by atoms with Crippen molar-refractivity contribution in [3.63, 3.8) is 0 Å². The van der Waals surface area contributed by atoms with Crippen LogP contribution in [0.2, 0.25) is 0 Å². The molecule has 172 valence electrons. The highest BCUT2D eigenvalue weighted by Crippen LogP contribution is 2.43. The molecule has 8 heteroatoms. The van der Waals surface area contributed by atoms with E-state index >= 15 is 4.39 Å². The van der Waals surface area contributed by atoms with Gasteiger partial charge in [0, 0.05) is 17.0 Å². The first kappa shape index (κ1) is 20.9. The Morgan fingerprint density at radius 2 is 1.82 bits per heavy atom. The van der Waals surface area contributed by atoms with E-state index in [0.717, 1.165) is 57.5 Å². The zero-order valence-electron chi connectivity index (χ0n) is 19.5. The molecule has 0 bridgehead atoms. The third-order valence-electron chi connectivity index (χ3n) is 6.89. The van der Waals surface area contributed by atoms with Crippen LogP contribution in [0.4, 0.5) is 10.2 Å². The maximum atomic E-state index is 15.1. The fraction of sp³-hybridized carbons (Fsp3) is 0.346. The van der Waals surface area contributed by atoms with Crippen LogP contribution in [-0.4, -0.2) is 30.2 Å². The van der Waals surface area contributed by atoms with E-state index in [1.807, 2.05) is 12.3 Å². The highest BCUT2D eigenvalue weighted by Gasteiger charge is 2.30. The number of hydrogen-bond acceptors (Lipinski definition) is 6. The standard InChI is InChI=1S/C26H26FN7/c1-14-10-17(26-31-33-34(3)32-26)11-15(2)24(14)18-6-8-20(27)25-19(18)7-9-21(25)30-23-13-28-22(12-29-23)16-4-5-16/h6,8,10-13,16,21H,4-5,7,9H2,1-3H3,(H,29,30). The second-order valence-electron chi connectivity index (χ2n) is 9.41. The summed E-state index contributed by atoms with van der Waals surface area (Å²) in [6.07, 6.45) is 7.64. The zero-order valence-corrected chi connectivity index (χ0v) is 19.5. The first-order valence-electron chi connectivity index (χ1n) is 11.7. The Morgan fingerprint density at radius 3 is 2.47 bits per heavy atom. The van der Waals surface area contributed by atoms with Crippen LogP contribution in [0.15, 0.2) is 36.7 Å². The molecule has 0 saturated heterocycles. The molecule has 4 aromatic rings. The minimum Gasteiger partial charge on any atom is -0.362 e. The highest BCUT2D eigenvalue weighted by atomic mass is 19.1. The van der Waals surface area contributed by atoms with Crippen LogP contribution in [0.25, 0.3) is 22.5 Å². The van der Waals surface area contributed by atoms with Crippen molar-refractivity contribution in [1.82, 2.24) is 30.2 Å². The Balaban J connectivity index is 1.34. The lowest BCUT2D eigenvalue weighted by atomic mass is 9.89. The molecule has 2 aromatic heterocycles. The number of benzene rings is 2. The maximum absolute atomic E-state index is 15.1. The van der Waals surface area contributed by atoms with E-state index in [1.54, 1.807) is 19.3 Å². The first-order valence-corrected chi connectivity index (χ1v) is 11.7. The summed E-state index contributed by atoms with van der Waals surface area (Å²) < 4.78 is 15.1. The van der Waals surface area contributed by atoms with Crippen molar-refractivity contribution in [3.8, 4) is 22.5 Å². The van der Waals surface area contributed by atoms with Gasteiger partial charge in [0.1, 0.15) is 11.6 Å². The summed E-state index contributed by atoms with van der Waals surface area (Å²) in [5.41, 5.74) is 8.22. The third-order valence-corrected chi connectivity index (χ3v) is 6.89. The summed E-state index contributed by atoms with van der Waals surface area (Å²) >= 11 is 0. The Kier molecular flexibility index (Phi) is 4.90. The van der Waals surface area contributed by atoms with Gasteiger partial charge in [-0.15, -0.1) is 10.2 Å². The Hall–Kier alpha value is -3.68. The van der Waals surface area contributed by atoms with Gasteiger partial charge in [-0.05, 0) is 90.8 Å². The van der Waals surface area contributed by atoms with Crippen molar-refractivity contribution < 1.29 is 4.39 Å². The summed E-state index contributed by atoms with van der Waals surface area (Å²) in [4.78, 5) is 10.5.